The fraction of sp³-hybridized carbons (Fsp3) is 0.417. The molecule has 0 N–H and O–H groups in total. The van der Waals surface area contributed by atoms with Gasteiger partial charge in [-0.15, -0.1) is 0 Å². The van der Waals surface area contributed by atoms with E-state index in [1.807, 2.05) is 0 Å². The van der Waals surface area contributed by atoms with Crippen molar-refractivity contribution < 1.29 is 31.1 Å². The molecule has 19 heavy (non-hydrogen) atoms. The van der Waals surface area contributed by atoms with Crippen LogP contribution in [0.15, 0.2) is 18.2 Å². The molecule has 0 aliphatic heterocycles. The van der Waals surface area contributed by atoms with Crippen molar-refractivity contribution >= 4 is 5.78 Å². The zero-order valence-electron chi connectivity index (χ0n) is 9.82. The Morgan fingerprint density at radius 2 is 1.37 bits per heavy atom. The van der Waals surface area contributed by atoms with Crippen molar-refractivity contribution in [1.29, 1.82) is 0 Å². The number of carbonyl (C=O) groups excluding carboxylic acids is 1. The molecule has 0 heterocycles. The van der Waals surface area contributed by atoms with Crippen LogP contribution in [0, 0.1) is 0 Å². The average molecular weight is 284 g/mol. The summed E-state index contributed by atoms with van der Waals surface area (Å²) in [5, 5.41) is 0. The van der Waals surface area contributed by atoms with Gasteiger partial charge >= 0.3 is 12.4 Å². The van der Waals surface area contributed by atoms with Gasteiger partial charge in [-0.05, 0) is 24.6 Å². The van der Waals surface area contributed by atoms with Crippen LogP contribution in [0.4, 0.5) is 26.3 Å². The van der Waals surface area contributed by atoms with Crippen LogP contribution in [0.1, 0.15) is 41.3 Å². The molecule has 0 bridgehead atoms. The highest BCUT2D eigenvalue weighted by atomic mass is 19.4. The molecule has 0 radical (unpaired) electrons. The van der Waals surface area contributed by atoms with E-state index in [4.69, 9.17) is 0 Å². The third kappa shape index (κ3) is 3.97. The van der Waals surface area contributed by atoms with E-state index in [9.17, 15) is 31.1 Å². The molecule has 0 amide bonds. The number of hydrogen-bond donors (Lipinski definition) is 0. The molecule has 1 aromatic carbocycles. The van der Waals surface area contributed by atoms with Crippen LogP contribution in [0.3, 0.4) is 0 Å². The quantitative estimate of drug-likeness (QED) is 0.580. The van der Waals surface area contributed by atoms with Gasteiger partial charge in [-0.3, -0.25) is 4.79 Å². The lowest BCUT2D eigenvalue weighted by Gasteiger charge is -2.13. The Bertz CT molecular complexity index is 440. The Morgan fingerprint density at radius 3 is 1.68 bits per heavy atom. The fourth-order valence-electron chi connectivity index (χ4n) is 1.49. The Kier molecular flexibility index (Phi) is 4.27. The molecule has 1 nitrogen and oxygen atoms in total. The van der Waals surface area contributed by atoms with Crippen LogP contribution in [-0.4, -0.2) is 5.78 Å². The maximum atomic E-state index is 12.5. The van der Waals surface area contributed by atoms with Gasteiger partial charge in [-0.2, -0.15) is 26.3 Å². The first kappa shape index (κ1) is 15.5. The van der Waals surface area contributed by atoms with Crippen molar-refractivity contribution in [1.82, 2.24) is 0 Å². The van der Waals surface area contributed by atoms with Gasteiger partial charge in [0.2, 0.25) is 0 Å². The van der Waals surface area contributed by atoms with Crippen LogP contribution in [-0.2, 0) is 12.4 Å². The van der Waals surface area contributed by atoms with Gasteiger partial charge in [-0.1, -0.05) is 6.92 Å². The van der Waals surface area contributed by atoms with E-state index < -0.39 is 34.8 Å². The van der Waals surface area contributed by atoms with Crippen molar-refractivity contribution in [3.63, 3.8) is 0 Å². The van der Waals surface area contributed by atoms with Gasteiger partial charge < -0.3 is 0 Å². The molecule has 0 saturated carbocycles. The largest absolute Gasteiger partial charge is 0.416 e. The topological polar surface area (TPSA) is 17.1 Å². The number of hydrogen-bond acceptors (Lipinski definition) is 1. The third-order valence-electron chi connectivity index (χ3n) is 2.39. The molecule has 0 atom stereocenters. The molecule has 7 heteroatoms. The molecule has 0 aromatic heterocycles. The molecule has 0 saturated heterocycles. The number of ketones is 1. The highest BCUT2D eigenvalue weighted by Crippen LogP contribution is 2.36. The molecular weight excluding hydrogens is 274 g/mol. The Hall–Kier alpha value is -1.53. The summed E-state index contributed by atoms with van der Waals surface area (Å²) in [5.74, 6) is -0.737. The molecular formula is C12H10F6O. The summed E-state index contributed by atoms with van der Waals surface area (Å²) in [7, 11) is 0. The Balaban J connectivity index is 3.37. The smallest absolute Gasteiger partial charge is 0.294 e. The van der Waals surface area contributed by atoms with E-state index in [1.165, 1.54) is 0 Å². The van der Waals surface area contributed by atoms with E-state index in [0.29, 0.717) is 18.6 Å². The Morgan fingerprint density at radius 1 is 0.947 bits per heavy atom. The normalized spacial score (nSPS) is 12.6. The van der Waals surface area contributed by atoms with Gasteiger partial charge in [-0.25, -0.2) is 0 Å². The minimum atomic E-state index is -4.93. The summed E-state index contributed by atoms with van der Waals surface area (Å²) in [4.78, 5) is 11.5. The summed E-state index contributed by atoms with van der Waals surface area (Å²) in [6.07, 6.45) is -9.61. The third-order valence-corrected chi connectivity index (χ3v) is 2.39. The fourth-order valence-corrected chi connectivity index (χ4v) is 1.49. The second-order valence-electron chi connectivity index (χ2n) is 3.97. The van der Waals surface area contributed by atoms with E-state index in [-0.39, 0.29) is 12.5 Å². The van der Waals surface area contributed by atoms with Crippen molar-refractivity contribution in [3.8, 4) is 0 Å². The molecule has 106 valence electrons. The van der Waals surface area contributed by atoms with E-state index >= 15 is 0 Å². The number of Topliss-reactive ketones (excluding diaryl/α,β-unsaturated/α-hetero) is 1. The summed E-state index contributed by atoms with van der Waals surface area (Å²) in [6, 6.07) is 0.906. The van der Waals surface area contributed by atoms with Crippen molar-refractivity contribution in [2.75, 3.05) is 0 Å². The van der Waals surface area contributed by atoms with Crippen molar-refractivity contribution in [2.24, 2.45) is 0 Å². The first-order valence-corrected chi connectivity index (χ1v) is 5.38. The lowest BCUT2D eigenvalue weighted by molar-refractivity contribution is -0.143. The Labute approximate surface area is 105 Å². The van der Waals surface area contributed by atoms with E-state index in [2.05, 4.69) is 0 Å². The van der Waals surface area contributed by atoms with Gasteiger partial charge in [0.25, 0.3) is 0 Å². The van der Waals surface area contributed by atoms with Gasteiger partial charge in [0.1, 0.15) is 0 Å². The SMILES string of the molecule is CCCC(=O)c1cc(C(F)(F)F)cc(C(F)(F)F)c1. The molecule has 0 spiro atoms. The zero-order valence-corrected chi connectivity index (χ0v) is 9.82. The molecule has 0 aliphatic carbocycles. The van der Waals surface area contributed by atoms with E-state index in [1.54, 1.807) is 6.92 Å². The minimum absolute atomic E-state index is 0.00270. The van der Waals surface area contributed by atoms with Crippen molar-refractivity contribution in [2.45, 2.75) is 32.1 Å². The average Bonchev–Trinajstić information content (AvgIpc) is 2.26. The predicted octanol–water partition coefficient (Wildman–Crippen LogP) is 4.71. The van der Waals surface area contributed by atoms with Crippen molar-refractivity contribution in [3.05, 3.63) is 34.9 Å². The number of benzene rings is 1. The predicted molar refractivity (Wildman–Crippen MR) is 55.7 cm³/mol. The highest BCUT2D eigenvalue weighted by molar-refractivity contribution is 5.96. The lowest BCUT2D eigenvalue weighted by Crippen LogP contribution is -2.13. The second-order valence-corrected chi connectivity index (χ2v) is 3.97. The van der Waals surface area contributed by atoms with Gasteiger partial charge in [0.05, 0.1) is 11.1 Å². The maximum Gasteiger partial charge on any atom is 0.416 e. The molecule has 1 rings (SSSR count). The number of carbonyl (C=O) groups is 1. The number of alkyl halides is 6. The van der Waals surface area contributed by atoms with Crippen LogP contribution < -0.4 is 0 Å². The monoisotopic (exact) mass is 284 g/mol. The summed E-state index contributed by atoms with van der Waals surface area (Å²) < 4.78 is 75.0. The number of halogens is 6. The van der Waals surface area contributed by atoms with Crippen LogP contribution in [0.2, 0.25) is 0 Å². The standard InChI is InChI=1S/C12H10F6O/c1-2-3-10(19)7-4-8(11(13,14)15)6-9(5-7)12(16,17)18/h4-6H,2-3H2,1H3. The second kappa shape index (κ2) is 5.22. The van der Waals surface area contributed by atoms with E-state index in [0.717, 1.165) is 0 Å². The van der Waals surface area contributed by atoms with Crippen LogP contribution in [0.25, 0.3) is 0 Å². The molecule has 0 unspecified atom stereocenters. The first-order valence-electron chi connectivity index (χ1n) is 5.38. The van der Waals surface area contributed by atoms with Gasteiger partial charge in [0, 0.05) is 12.0 Å². The molecule has 0 aliphatic rings. The maximum absolute atomic E-state index is 12.5. The minimum Gasteiger partial charge on any atom is -0.294 e. The van der Waals surface area contributed by atoms with Crippen LogP contribution >= 0.6 is 0 Å². The molecule has 0 fully saturated rings. The van der Waals surface area contributed by atoms with Gasteiger partial charge in [0.15, 0.2) is 5.78 Å². The molecule has 1 aromatic rings. The summed E-state index contributed by atoms with van der Waals surface area (Å²) in [6.45, 7) is 1.61. The summed E-state index contributed by atoms with van der Waals surface area (Å²) >= 11 is 0. The number of rotatable bonds is 3. The first-order chi connectivity index (χ1) is 8.55. The van der Waals surface area contributed by atoms with Crippen LogP contribution in [0.5, 0.6) is 0 Å². The lowest BCUT2D eigenvalue weighted by atomic mass is 10.00. The summed E-state index contributed by atoms with van der Waals surface area (Å²) in [5.41, 5.74) is -3.51. The zero-order chi connectivity index (χ0) is 14.8. The highest BCUT2D eigenvalue weighted by Gasteiger charge is 2.37.